The minimum Gasteiger partial charge on any atom is -0.506 e. The molecule has 0 unspecified atom stereocenters. The van der Waals surface area contributed by atoms with Crippen LogP contribution in [0.5, 0.6) is 5.75 Å². The summed E-state index contributed by atoms with van der Waals surface area (Å²) in [5.74, 6) is 0.387. The molecule has 64 valence electrons. The summed E-state index contributed by atoms with van der Waals surface area (Å²) in [5, 5.41) is 9.70. The molecule has 2 nitrogen and oxygen atoms in total. The van der Waals surface area contributed by atoms with Crippen LogP contribution in [0, 0.1) is 3.57 Å². The third-order valence-electron chi connectivity index (χ3n) is 2.35. The van der Waals surface area contributed by atoms with Crippen molar-refractivity contribution in [2.75, 3.05) is 0 Å². The summed E-state index contributed by atoms with van der Waals surface area (Å²) in [6.45, 7) is 0. The van der Waals surface area contributed by atoms with Gasteiger partial charge in [-0.2, -0.15) is 0 Å². The third kappa shape index (κ3) is 1.11. The van der Waals surface area contributed by atoms with Crippen molar-refractivity contribution in [1.82, 2.24) is 0 Å². The molecule has 3 N–H and O–H groups in total. The number of nitrogens with two attached hydrogens (primary N) is 1. The Hall–Kier alpha value is -0.290. The van der Waals surface area contributed by atoms with Crippen LogP contribution in [-0.2, 0) is 6.42 Å². The number of aromatic hydroxyl groups is 1. The van der Waals surface area contributed by atoms with Gasteiger partial charge in [0.2, 0.25) is 0 Å². The zero-order chi connectivity index (χ0) is 8.72. The Labute approximate surface area is 84.9 Å². The molecular formula is C9H10INO. The van der Waals surface area contributed by atoms with Gasteiger partial charge in [-0.1, -0.05) is 6.07 Å². The van der Waals surface area contributed by atoms with Crippen molar-refractivity contribution in [3.8, 4) is 5.75 Å². The maximum atomic E-state index is 9.70. The van der Waals surface area contributed by atoms with E-state index in [1.807, 2.05) is 6.07 Å². The standard InChI is InChI=1S/C9H10INO/c10-6-3-1-5-2-4-7(11)8(5)9(6)12/h1,3,7,12H,2,4,11H2/t7-/m0/s1. The van der Waals surface area contributed by atoms with Gasteiger partial charge >= 0.3 is 0 Å². The molecule has 2 rings (SSSR count). The smallest absolute Gasteiger partial charge is 0.133 e. The molecule has 0 fully saturated rings. The molecule has 1 aromatic carbocycles. The van der Waals surface area contributed by atoms with Gasteiger partial charge in [0.05, 0.1) is 3.57 Å². The second-order valence-corrected chi connectivity index (χ2v) is 4.28. The number of hydrogen-bond donors (Lipinski definition) is 2. The first kappa shape index (κ1) is 8.31. The lowest BCUT2D eigenvalue weighted by Gasteiger charge is -2.08. The van der Waals surface area contributed by atoms with E-state index in [0.29, 0.717) is 5.75 Å². The summed E-state index contributed by atoms with van der Waals surface area (Å²) >= 11 is 2.12. The van der Waals surface area contributed by atoms with Gasteiger partial charge in [0.1, 0.15) is 5.75 Å². The average molecular weight is 275 g/mol. The fraction of sp³-hybridized carbons (Fsp3) is 0.333. The van der Waals surface area contributed by atoms with Gasteiger partial charge in [-0.3, -0.25) is 0 Å². The molecule has 0 saturated heterocycles. The van der Waals surface area contributed by atoms with E-state index in [4.69, 9.17) is 5.73 Å². The number of phenolic OH excluding ortho intramolecular Hbond substituents is 1. The fourth-order valence-corrected chi connectivity index (χ4v) is 2.18. The highest BCUT2D eigenvalue weighted by atomic mass is 127. The lowest BCUT2D eigenvalue weighted by atomic mass is 10.1. The predicted octanol–water partition coefficient (Wildman–Crippen LogP) is 1.94. The van der Waals surface area contributed by atoms with E-state index >= 15 is 0 Å². The highest BCUT2D eigenvalue weighted by molar-refractivity contribution is 14.1. The van der Waals surface area contributed by atoms with E-state index in [1.54, 1.807) is 0 Å². The molecule has 3 heteroatoms. The van der Waals surface area contributed by atoms with E-state index < -0.39 is 0 Å². The molecule has 0 heterocycles. The van der Waals surface area contributed by atoms with Crippen LogP contribution in [0.2, 0.25) is 0 Å². The number of hydrogen-bond acceptors (Lipinski definition) is 2. The average Bonchev–Trinajstić information content (AvgIpc) is 2.41. The van der Waals surface area contributed by atoms with Crippen molar-refractivity contribution in [3.63, 3.8) is 0 Å². The second kappa shape index (κ2) is 2.88. The SMILES string of the molecule is N[C@H]1CCc2ccc(I)c(O)c21. The van der Waals surface area contributed by atoms with Crippen molar-refractivity contribution in [2.24, 2.45) is 5.73 Å². The first-order valence-electron chi connectivity index (χ1n) is 3.96. The fourth-order valence-electron chi connectivity index (χ4n) is 1.71. The summed E-state index contributed by atoms with van der Waals surface area (Å²) in [6.07, 6.45) is 1.96. The van der Waals surface area contributed by atoms with Gasteiger partial charge in [0.25, 0.3) is 0 Å². The molecule has 1 atom stereocenters. The number of benzene rings is 1. The molecule has 0 spiro atoms. The molecule has 1 aromatic rings. The first-order chi connectivity index (χ1) is 5.70. The van der Waals surface area contributed by atoms with Gasteiger partial charge in [-0.05, 0) is 47.1 Å². The van der Waals surface area contributed by atoms with Gasteiger partial charge in [-0.25, -0.2) is 0 Å². The van der Waals surface area contributed by atoms with Crippen molar-refractivity contribution in [1.29, 1.82) is 0 Å². The van der Waals surface area contributed by atoms with Crippen LogP contribution in [-0.4, -0.2) is 5.11 Å². The molecule has 1 aliphatic carbocycles. The van der Waals surface area contributed by atoms with Crippen molar-refractivity contribution >= 4 is 22.6 Å². The summed E-state index contributed by atoms with van der Waals surface area (Å²) in [7, 11) is 0. The van der Waals surface area contributed by atoms with Crippen LogP contribution in [0.4, 0.5) is 0 Å². The van der Waals surface area contributed by atoms with Crippen molar-refractivity contribution < 1.29 is 5.11 Å². The van der Waals surface area contributed by atoms with Gasteiger partial charge < -0.3 is 10.8 Å². The number of aryl methyl sites for hydroxylation is 1. The van der Waals surface area contributed by atoms with E-state index in [9.17, 15) is 5.11 Å². The first-order valence-corrected chi connectivity index (χ1v) is 5.04. The normalized spacial score (nSPS) is 21.0. The minimum absolute atomic E-state index is 0.0368. The topological polar surface area (TPSA) is 46.2 Å². The predicted molar refractivity (Wildman–Crippen MR) is 56.1 cm³/mol. The lowest BCUT2D eigenvalue weighted by Crippen LogP contribution is -2.05. The van der Waals surface area contributed by atoms with Crippen molar-refractivity contribution in [2.45, 2.75) is 18.9 Å². The zero-order valence-corrected chi connectivity index (χ0v) is 8.71. The molecule has 0 saturated carbocycles. The Morgan fingerprint density at radius 3 is 3.00 bits per heavy atom. The molecular weight excluding hydrogens is 265 g/mol. The highest BCUT2D eigenvalue weighted by Crippen LogP contribution is 2.38. The van der Waals surface area contributed by atoms with E-state index in [-0.39, 0.29) is 6.04 Å². The van der Waals surface area contributed by atoms with E-state index in [0.717, 1.165) is 22.0 Å². The Kier molecular flexibility index (Phi) is 2.00. The van der Waals surface area contributed by atoms with Crippen LogP contribution in [0.1, 0.15) is 23.6 Å². The maximum absolute atomic E-state index is 9.70. The molecule has 12 heavy (non-hydrogen) atoms. The molecule has 0 bridgehead atoms. The summed E-state index contributed by atoms with van der Waals surface area (Å²) in [5.41, 5.74) is 8.02. The summed E-state index contributed by atoms with van der Waals surface area (Å²) in [4.78, 5) is 0. The Morgan fingerprint density at radius 1 is 1.50 bits per heavy atom. The number of phenols is 1. The van der Waals surface area contributed by atoms with Crippen LogP contribution in [0.3, 0.4) is 0 Å². The van der Waals surface area contributed by atoms with Crippen LogP contribution < -0.4 is 5.73 Å². The van der Waals surface area contributed by atoms with Crippen LogP contribution in [0.25, 0.3) is 0 Å². The largest absolute Gasteiger partial charge is 0.506 e. The highest BCUT2D eigenvalue weighted by Gasteiger charge is 2.23. The monoisotopic (exact) mass is 275 g/mol. The van der Waals surface area contributed by atoms with Gasteiger partial charge in [-0.15, -0.1) is 0 Å². The number of fused-ring (bicyclic) bond motifs is 1. The quantitative estimate of drug-likeness (QED) is 0.711. The molecule has 0 amide bonds. The summed E-state index contributed by atoms with van der Waals surface area (Å²) < 4.78 is 0.892. The van der Waals surface area contributed by atoms with Crippen LogP contribution in [0.15, 0.2) is 12.1 Å². The molecule has 1 aliphatic rings. The summed E-state index contributed by atoms with van der Waals surface area (Å²) in [6, 6.07) is 4.03. The molecule has 0 aromatic heterocycles. The Morgan fingerprint density at radius 2 is 2.25 bits per heavy atom. The van der Waals surface area contributed by atoms with Gasteiger partial charge in [0, 0.05) is 11.6 Å². The number of halogens is 1. The molecule has 0 aliphatic heterocycles. The lowest BCUT2D eigenvalue weighted by molar-refractivity contribution is 0.460. The Bertz CT molecular complexity index is 325. The van der Waals surface area contributed by atoms with Crippen LogP contribution >= 0.6 is 22.6 Å². The van der Waals surface area contributed by atoms with Gasteiger partial charge in [0.15, 0.2) is 0 Å². The second-order valence-electron chi connectivity index (χ2n) is 3.11. The molecule has 0 radical (unpaired) electrons. The van der Waals surface area contributed by atoms with E-state index in [2.05, 4.69) is 28.7 Å². The number of rotatable bonds is 0. The zero-order valence-electron chi connectivity index (χ0n) is 6.55. The van der Waals surface area contributed by atoms with Crippen molar-refractivity contribution in [3.05, 3.63) is 26.8 Å². The van der Waals surface area contributed by atoms with E-state index in [1.165, 1.54) is 5.56 Å². The Balaban J connectivity index is 2.63. The maximum Gasteiger partial charge on any atom is 0.133 e. The third-order valence-corrected chi connectivity index (χ3v) is 3.22. The minimum atomic E-state index is 0.0368.